The predicted octanol–water partition coefficient (Wildman–Crippen LogP) is 3.53. The van der Waals surface area contributed by atoms with Crippen LogP contribution in [0.3, 0.4) is 0 Å². The van der Waals surface area contributed by atoms with E-state index in [4.69, 9.17) is 4.52 Å². The molecule has 0 aromatic carbocycles. The van der Waals surface area contributed by atoms with E-state index >= 15 is 0 Å². The Morgan fingerprint density at radius 2 is 2.13 bits per heavy atom. The van der Waals surface area contributed by atoms with Gasteiger partial charge in [-0.15, -0.1) is 0 Å². The highest BCUT2D eigenvalue weighted by Crippen LogP contribution is 2.26. The van der Waals surface area contributed by atoms with Crippen molar-refractivity contribution in [3.8, 4) is 0 Å². The summed E-state index contributed by atoms with van der Waals surface area (Å²) >= 11 is 0. The minimum absolute atomic E-state index is 0.0302. The Hall–Kier alpha value is -2.17. The van der Waals surface area contributed by atoms with Crippen LogP contribution in [-0.2, 0) is 11.2 Å². The fourth-order valence-electron chi connectivity index (χ4n) is 3.22. The van der Waals surface area contributed by atoms with Crippen LogP contribution >= 0.6 is 0 Å². The normalized spacial score (nSPS) is 15.5. The SMILES string of the molecule is Cc1cc(CC(=O)N(CC2CCCCC2)c2ccccn2)no1. The van der Waals surface area contributed by atoms with E-state index in [1.54, 1.807) is 6.20 Å². The molecule has 1 saturated carbocycles. The number of carbonyl (C=O) groups excluding carboxylic acids is 1. The highest BCUT2D eigenvalue weighted by molar-refractivity contribution is 5.93. The molecule has 0 unspecified atom stereocenters. The second-order valence-electron chi connectivity index (χ2n) is 6.30. The van der Waals surface area contributed by atoms with Gasteiger partial charge in [-0.05, 0) is 37.8 Å². The third-order valence-electron chi connectivity index (χ3n) is 4.40. The molecule has 0 bridgehead atoms. The van der Waals surface area contributed by atoms with Crippen LogP contribution in [0.4, 0.5) is 5.82 Å². The molecule has 1 aliphatic rings. The summed E-state index contributed by atoms with van der Waals surface area (Å²) in [6, 6.07) is 7.50. The van der Waals surface area contributed by atoms with Crippen molar-refractivity contribution in [3.63, 3.8) is 0 Å². The second kappa shape index (κ2) is 7.40. The number of rotatable bonds is 5. The van der Waals surface area contributed by atoms with Gasteiger partial charge in [0, 0.05) is 18.8 Å². The van der Waals surface area contributed by atoms with Crippen molar-refractivity contribution >= 4 is 11.7 Å². The number of anilines is 1. The average Bonchev–Trinajstić information content (AvgIpc) is 2.99. The molecule has 122 valence electrons. The zero-order valence-electron chi connectivity index (χ0n) is 13.6. The van der Waals surface area contributed by atoms with Crippen molar-refractivity contribution in [2.45, 2.75) is 45.4 Å². The molecule has 2 heterocycles. The van der Waals surface area contributed by atoms with Crippen molar-refractivity contribution in [3.05, 3.63) is 41.9 Å². The van der Waals surface area contributed by atoms with Crippen LogP contribution in [0, 0.1) is 12.8 Å². The summed E-state index contributed by atoms with van der Waals surface area (Å²) in [7, 11) is 0. The van der Waals surface area contributed by atoms with E-state index < -0.39 is 0 Å². The van der Waals surface area contributed by atoms with Crippen molar-refractivity contribution in [2.75, 3.05) is 11.4 Å². The molecule has 2 aromatic heterocycles. The number of amides is 1. The first-order chi connectivity index (χ1) is 11.2. The molecule has 5 nitrogen and oxygen atoms in total. The maximum Gasteiger partial charge on any atom is 0.234 e. The largest absolute Gasteiger partial charge is 0.361 e. The van der Waals surface area contributed by atoms with E-state index in [2.05, 4.69) is 10.1 Å². The average molecular weight is 313 g/mol. The highest BCUT2D eigenvalue weighted by atomic mass is 16.5. The molecule has 0 spiro atoms. The van der Waals surface area contributed by atoms with Crippen molar-refractivity contribution < 1.29 is 9.32 Å². The molecule has 23 heavy (non-hydrogen) atoms. The number of hydrogen-bond acceptors (Lipinski definition) is 4. The third-order valence-corrected chi connectivity index (χ3v) is 4.40. The van der Waals surface area contributed by atoms with Gasteiger partial charge in [0.25, 0.3) is 0 Å². The van der Waals surface area contributed by atoms with E-state index in [0.717, 1.165) is 18.1 Å². The van der Waals surface area contributed by atoms with E-state index in [9.17, 15) is 4.79 Å². The van der Waals surface area contributed by atoms with Gasteiger partial charge in [0.1, 0.15) is 11.6 Å². The van der Waals surface area contributed by atoms with Crippen LogP contribution in [0.15, 0.2) is 35.0 Å². The number of nitrogens with zero attached hydrogens (tertiary/aromatic N) is 3. The lowest BCUT2D eigenvalue weighted by atomic mass is 9.89. The standard InChI is InChI=1S/C18H23N3O2/c1-14-11-16(20-23-14)12-18(22)21(17-9-5-6-10-19-17)13-15-7-3-2-4-8-15/h5-6,9-11,15H,2-4,7-8,12-13H2,1H3. The molecule has 0 radical (unpaired) electrons. The summed E-state index contributed by atoms with van der Waals surface area (Å²) in [5.74, 6) is 2.05. The Morgan fingerprint density at radius 1 is 1.30 bits per heavy atom. The molecule has 0 aliphatic heterocycles. The molecular formula is C18H23N3O2. The van der Waals surface area contributed by atoms with Gasteiger partial charge in [-0.25, -0.2) is 4.98 Å². The third kappa shape index (κ3) is 4.18. The fourth-order valence-corrected chi connectivity index (χ4v) is 3.22. The summed E-state index contributed by atoms with van der Waals surface area (Å²) in [6.45, 7) is 2.58. The Labute approximate surface area is 136 Å². The van der Waals surface area contributed by atoms with Crippen LogP contribution in [0.1, 0.15) is 43.6 Å². The molecule has 1 amide bonds. The quantitative estimate of drug-likeness (QED) is 0.847. The lowest BCUT2D eigenvalue weighted by Crippen LogP contribution is -2.37. The van der Waals surface area contributed by atoms with Crippen LogP contribution in [-0.4, -0.2) is 22.6 Å². The summed E-state index contributed by atoms with van der Waals surface area (Å²) in [4.78, 5) is 19.0. The molecule has 1 aliphatic carbocycles. The van der Waals surface area contributed by atoms with Gasteiger partial charge in [-0.2, -0.15) is 0 Å². The summed E-state index contributed by atoms with van der Waals surface area (Å²) in [6.07, 6.45) is 8.21. The fraction of sp³-hybridized carbons (Fsp3) is 0.500. The molecule has 0 atom stereocenters. The monoisotopic (exact) mass is 313 g/mol. The summed E-state index contributed by atoms with van der Waals surface area (Å²) in [5.41, 5.74) is 0.678. The topological polar surface area (TPSA) is 59.2 Å². The smallest absolute Gasteiger partial charge is 0.234 e. The zero-order chi connectivity index (χ0) is 16.1. The number of carbonyl (C=O) groups is 1. The maximum atomic E-state index is 12.8. The van der Waals surface area contributed by atoms with Crippen molar-refractivity contribution in [1.29, 1.82) is 0 Å². The van der Waals surface area contributed by atoms with Gasteiger partial charge in [0.05, 0.1) is 12.1 Å². The number of aryl methyl sites for hydroxylation is 1. The lowest BCUT2D eigenvalue weighted by molar-refractivity contribution is -0.118. The Morgan fingerprint density at radius 3 is 2.78 bits per heavy atom. The summed E-state index contributed by atoms with van der Waals surface area (Å²) < 4.78 is 5.06. The van der Waals surface area contributed by atoms with Crippen molar-refractivity contribution in [1.82, 2.24) is 10.1 Å². The van der Waals surface area contributed by atoms with Crippen LogP contribution in [0.25, 0.3) is 0 Å². The molecule has 2 aromatic rings. The second-order valence-corrected chi connectivity index (χ2v) is 6.30. The van der Waals surface area contributed by atoms with E-state index in [1.165, 1.54) is 32.1 Å². The first-order valence-corrected chi connectivity index (χ1v) is 8.36. The predicted molar refractivity (Wildman–Crippen MR) is 88.1 cm³/mol. The molecule has 5 heteroatoms. The first-order valence-electron chi connectivity index (χ1n) is 8.36. The Bertz CT molecular complexity index is 633. The molecule has 0 N–H and O–H groups in total. The van der Waals surface area contributed by atoms with Gasteiger partial charge in [0.15, 0.2) is 0 Å². The van der Waals surface area contributed by atoms with Crippen molar-refractivity contribution in [2.24, 2.45) is 5.92 Å². The van der Waals surface area contributed by atoms with Crippen LogP contribution in [0.5, 0.6) is 0 Å². The van der Waals surface area contributed by atoms with Gasteiger partial charge < -0.3 is 4.52 Å². The first kappa shape index (κ1) is 15.7. The van der Waals surface area contributed by atoms with Crippen LogP contribution < -0.4 is 4.90 Å². The van der Waals surface area contributed by atoms with E-state index in [-0.39, 0.29) is 12.3 Å². The van der Waals surface area contributed by atoms with Gasteiger partial charge >= 0.3 is 0 Å². The zero-order valence-corrected chi connectivity index (χ0v) is 13.6. The number of hydrogen-bond donors (Lipinski definition) is 0. The molecule has 1 fully saturated rings. The molecular weight excluding hydrogens is 290 g/mol. The number of aromatic nitrogens is 2. The highest BCUT2D eigenvalue weighted by Gasteiger charge is 2.23. The molecule has 3 rings (SSSR count). The summed E-state index contributed by atoms with van der Waals surface area (Å²) in [5, 5.41) is 3.94. The maximum absolute atomic E-state index is 12.8. The van der Waals surface area contributed by atoms with Gasteiger partial charge in [0.2, 0.25) is 5.91 Å². The van der Waals surface area contributed by atoms with Crippen LogP contribution in [0.2, 0.25) is 0 Å². The minimum atomic E-state index is 0.0302. The Balaban J connectivity index is 1.74. The molecule has 0 saturated heterocycles. The lowest BCUT2D eigenvalue weighted by Gasteiger charge is -2.29. The minimum Gasteiger partial charge on any atom is -0.361 e. The van der Waals surface area contributed by atoms with E-state index in [1.807, 2.05) is 36.1 Å². The van der Waals surface area contributed by atoms with Gasteiger partial charge in [-0.1, -0.05) is 30.5 Å². The van der Waals surface area contributed by atoms with E-state index in [0.29, 0.717) is 11.6 Å². The Kier molecular flexibility index (Phi) is 5.05. The number of pyridine rings is 1. The van der Waals surface area contributed by atoms with Gasteiger partial charge in [-0.3, -0.25) is 9.69 Å².